The summed E-state index contributed by atoms with van der Waals surface area (Å²) in [6.07, 6.45) is 5.44. The van der Waals surface area contributed by atoms with E-state index in [0.29, 0.717) is 24.5 Å². The maximum atomic E-state index is 12.8. The van der Waals surface area contributed by atoms with E-state index in [1.807, 2.05) is 36.1 Å². The second-order valence-corrected chi connectivity index (χ2v) is 8.98. The Morgan fingerprint density at radius 1 is 1.20 bits per heavy atom. The molecule has 2 fully saturated rings. The van der Waals surface area contributed by atoms with Crippen molar-refractivity contribution in [2.75, 3.05) is 19.6 Å². The number of hydrogen-bond acceptors (Lipinski definition) is 3. The third-order valence-corrected chi connectivity index (χ3v) is 6.79. The summed E-state index contributed by atoms with van der Waals surface area (Å²) in [5.41, 5.74) is 2.33. The fraction of sp³-hybridized carbons (Fsp3) is 0.522. The first-order chi connectivity index (χ1) is 14.4. The minimum absolute atomic E-state index is 0.00295. The topological polar surface area (TPSA) is 69.7 Å². The first-order valence-corrected chi connectivity index (χ1v) is 11.1. The molecule has 0 spiro atoms. The summed E-state index contributed by atoms with van der Waals surface area (Å²) in [6, 6.07) is 7.46. The van der Waals surface area contributed by atoms with Crippen LogP contribution in [0.3, 0.4) is 0 Å². The number of nitrogens with zero attached hydrogens (tertiary/aromatic N) is 2. The van der Waals surface area contributed by atoms with Crippen LogP contribution in [0.5, 0.6) is 0 Å². The molecule has 30 heavy (non-hydrogen) atoms. The molecule has 0 radical (unpaired) electrons. The van der Waals surface area contributed by atoms with E-state index < -0.39 is 12.0 Å². The summed E-state index contributed by atoms with van der Waals surface area (Å²) in [5, 5.41) is 3.53. The predicted octanol–water partition coefficient (Wildman–Crippen LogP) is 2.86. The molecule has 4 rings (SSSR count). The van der Waals surface area contributed by atoms with Crippen molar-refractivity contribution in [3.63, 3.8) is 0 Å². The van der Waals surface area contributed by atoms with Crippen LogP contribution in [0.15, 0.2) is 30.3 Å². The van der Waals surface area contributed by atoms with Gasteiger partial charge in [-0.05, 0) is 55.9 Å². The van der Waals surface area contributed by atoms with Gasteiger partial charge < -0.3 is 15.1 Å². The second-order valence-electron chi connectivity index (χ2n) is 8.55. The van der Waals surface area contributed by atoms with Gasteiger partial charge in [0.2, 0.25) is 17.7 Å². The van der Waals surface area contributed by atoms with E-state index in [4.69, 9.17) is 11.6 Å². The highest BCUT2D eigenvalue weighted by molar-refractivity contribution is 6.30. The molecular weight excluding hydrogens is 402 g/mol. The molecule has 160 valence electrons. The quantitative estimate of drug-likeness (QED) is 0.800. The summed E-state index contributed by atoms with van der Waals surface area (Å²) in [4.78, 5) is 41.6. The molecule has 6 nitrogen and oxygen atoms in total. The average molecular weight is 430 g/mol. The van der Waals surface area contributed by atoms with E-state index in [-0.39, 0.29) is 30.2 Å². The van der Waals surface area contributed by atoms with E-state index in [1.54, 1.807) is 4.90 Å². The number of amides is 3. The number of hydrogen-bond donors (Lipinski definition) is 1. The fourth-order valence-corrected chi connectivity index (χ4v) is 4.83. The molecule has 3 heterocycles. The van der Waals surface area contributed by atoms with Crippen molar-refractivity contribution < 1.29 is 14.4 Å². The summed E-state index contributed by atoms with van der Waals surface area (Å²) in [6.45, 7) is 3.98. The Balaban J connectivity index is 1.31. The molecule has 3 aliphatic heterocycles. The van der Waals surface area contributed by atoms with Crippen molar-refractivity contribution >= 4 is 34.9 Å². The van der Waals surface area contributed by atoms with E-state index in [0.717, 1.165) is 31.4 Å². The van der Waals surface area contributed by atoms with Gasteiger partial charge in [-0.25, -0.2) is 0 Å². The van der Waals surface area contributed by atoms with Crippen molar-refractivity contribution in [2.24, 2.45) is 5.92 Å². The van der Waals surface area contributed by atoms with Gasteiger partial charge in [-0.1, -0.05) is 29.8 Å². The van der Waals surface area contributed by atoms with Crippen LogP contribution in [0.1, 0.15) is 44.6 Å². The predicted molar refractivity (Wildman–Crippen MR) is 116 cm³/mol. The number of nitrogens with one attached hydrogen (secondary N) is 1. The third kappa shape index (κ3) is 4.38. The lowest BCUT2D eigenvalue weighted by atomic mass is 9.97. The number of rotatable bonds is 4. The van der Waals surface area contributed by atoms with Gasteiger partial charge in [0.1, 0.15) is 6.04 Å². The molecule has 7 heteroatoms. The summed E-state index contributed by atoms with van der Waals surface area (Å²) < 4.78 is 0. The zero-order valence-corrected chi connectivity index (χ0v) is 18.0. The van der Waals surface area contributed by atoms with Crippen LogP contribution in [-0.2, 0) is 14.4 Å². The number of halogens is 1. The zero-order chi connectivity index (χ0) is 21.3. The minimum Gasteiger partial charge on any atom is -0.344 e. The maximum absolute atomic E-state index is 12.8. The van der Waals surface area contributed by atoms with E-state index in [2.05, 4.69) is 11.4 Å². The van der Waals surface area contributed by atoms with Gasteiger partial charge in [-0.15, -0.1) is 0 Å². The summed E-state index contributed by atoms with van der Waals surface area (Å²) in [5.74, 6) is -0.630. The van der Waals surface area contributed by atoms with Crippen molar-refractivity contribution in [2.45, 2.75) is 51.1 Å². The molecule has 0 aromatic heterocycles. The van der Waals surface area contributed by atoms with Gasteiger partial charge in [-0.2, -0.15) is 0 Å². The highest BCUT2D eigenvalue weighted by Gasteiger charge is 2.41. The van der Waals surface area contributed by atoms with Crippen LogP contribution in [0.2, 0.25) is 5.02 Å². The Hall–Kier alpha value is -2.34. The zero-order valence-electron chi connectivity index (χ0n) is 17.3. The monoisotopic (exact) mass is 429 g/mol. The lowest BCUT2D eigenvalue weighted by Crippen LogP contribution is -2.45. The molecule has 3 aliphatic rings. The average Bonchev–Trinajstić information content (AvgIpc) is 3.34. The first-order valence-electron chi connectivity index (χ1n) is 10.8. The van der Waals surface area contributed by atoms with Crippen LogP contribution in [-0.4, -0.2) is 59.2 Å². The van der Waals surface area contributed by atoms with Crippen LogP contribution in [0.25, 0.3) is 5.57 Å². The first kappa shape index (κ1) is 20.9. The molecule has 0 aliphatic carbocycles. The van der Waals surface area contributed by atoms with Crippen LogP contribution in [0.4, 0.5) is 0 Å². The second kappa shape index (κ2) is 8.80. The Bertz CT molecular complexity index is 867. The molecule has 0 unspecified atom stereocenters. The lowest BCUT2D eigenvalue weighted by Gasteiger charge is -2.27. The van der Waals surface area contributed by atoms with Gasteiger partial charge >= 0.3 is 0 Å². The smallest absolute Gasteiger partial charge is 0.245 e. The number of carbonyl (C=O) groups is 3. The molecular formula is C23H28ClN3O3. The van der Waals surface area contributed by atoms with Crippen molar-refractivity contribution in [1.29, 1.82) is 0 Å². The fourth-order valence-electron chi connectivity index (χ4n) is 4.70. The maximum Gasteiger partial charge on any atom is 0.245 e. The van der Waals surface area contributed by atoms with Gasteiger partial charge in [0.15, 0.2) is 0 Å². The van der Waals surface area contributed by atoms with E-state index in [9.17, 15) is 14.4 Å². The van der Waals surface area contributed by atoms with Crippen LogP contribution < -0.4 is 5.32 Å². The molecule has 3 atom stereocenters. The third-order valence-electron chi connectivity index (χ3n) is 6.54. The largest absolute Gasteiger partial charge is 0.344 e. The standard InChI is InChI=1S/C23H28ClN3O3/c1-15-3-2-10-27(15)23(30)20-13-18(22(29)25-20)14-21(28)26-11-8-17(9-12-26)16-4-6-19(24)7-5-16/h4-8,15,18,20H,2-3,9-14H2,1H3,(H,25,29)/t15-,18+,20+/m1/s1. The Labute approximate surface area is 182 Å². The summed E-state index contributed by atoms with van der Waals surface area (Å²) >= 11 is 5.95. The number of likely N-dealkylation sites (tertiary alicyclic amines) is 1. The minimum atomic E-state index is -0.492. The number of benzene rings is 1. The van der Waals surface area contributed by atoms with Crippen LogP contribution >= 0.6 is 11.6 Å². The van der Waals surface area contributed by atoms with E-state index in [1.165, 1.54) is 5.57 Å². The Morgan fingerprint density at radius 3 is 2.60 bits per heavy atom. The van der Waals surface area contributed by atoms with Crippen molar-refractivity contribution in [1.82, 2.24) is 15.1 Å². The molecule has 1 aromatic carbocycles. The Kier molecular flexibility index (Phi) is 6.14. The van der Waals surface area contributed by atoms with E-state index >= 15 is 0 Å². The van der Waals surface area contributed by atoms with Crippen molar-refractivity contribution in [3.8, 4) is 0 Å². The molecule has 1 N–H and O–H groups in total. The van der Waals surface area contributed by atoms with Gasteiger partial charge in [0.05, 0.1) is 0 Å². The Morgan fingerprint density at radius 2 is 1.97 bits per heavy atom. The normalized spacial score (nSPS) is 26.5. The molecule has 3 amide bonds. The van der Waals surface area contributed by atoms with Crippen LogP contribution in [0, 0.1) is 5.92 Å². The molecule has 0 bridgehead atoms. The molecule has 2 saturated heterocycles. The highest BCUT2D eigenvalue weighted by atomic mass is 35.5. The van der Waals surface area contributed by atoms with Gasteiger partial charge in [0, 0.05) is 43.0 Å². The number of carbonyl (C=O) groups excluding carboxylic acids is 3. The molecule has 0 saturated carbocycles. The molecule has 1 aromatic rings. The van der Waals surface area contributed by atoms with Crippen molar-refractivity contribution in [3.05, 3.63) is 40.9 Å². The highest BCUT2D eigenvalue weighted by Crippen LogP contribution is 2.27. The lowest BCUT2D eigenvalue weighted by molar-refractivity contribution is -0.135. The SMILES string of the molecule is C[C@@H]1CCCN1C(=O)[C@@H]1C[C@@H](CC(=O)N2CC=C(c3ccc(Cl)cc3)CC2)C(=O)N1. The van der Waals surface area contributed by atoms with Gasteiger partial charge in [-0.3, -0.25) is 14.4 Å². The van der Waals surface area contributed by atoms with Gasteiger partial charge in [0.25, 0.3) is 0 Å². The summed E-state index contributed by atoms with van der Waals surface area (Å²) in [7, 11) is 0.